The molecule has 2 aliphatic rings. The predicted octanol–water partition coefficient (Wildman–Crippen LogP) is 2.10. The van der Waals surface area contributed by atoms with Gasteiger partial charge in [0, 0.05) is 25.2 Å². The second-order valence-electron chi connectivity index (χ2n) is 7.07. The van der Waals surface area contributed by atoms with E-state index in [1.54, 1.807) is 0 Å². The number of carbonyl (C=O) groups excluding carboxylic acids is 1. The summed E-state index contributed by atoms with van der Waals surface area (Å²) in [6, 6.07) is 1.02. The molecule has 0 bridgehead atoms. The van der Waals surface area contributed by atoms with Crippen molar-refractivity contribution in [3.05, 3.63) is 0 Å². The van der Waals surface area contributed by atoms with Gasteiger partial charge in [0.1, 0.15) is 0 Å². The second kappa shape index (κ2) is 8.14. The molecule has 4 nitrogen and oxygen atoms in total. The smallest absolute Gasteiger partial charge is 0.224 e. The standard InChI is InChI=1S/C17H33N3O/c1-4-7-14(2)18-17(21)15-8-5-11-20(12-15)13-16-9-6-10-19(16)3/h14-16H,4-13H2,1-3H3,(H,18,21)/t14?,15?,16-/m1/s1. The third-order valence-corrected chi connectivity index (χ3v) is 5.13. The lowest BCUT2D eigenvalue weighted by atomic mass is 9.96. The minimum Gasteiger partial charge on any atom is -0.353 e. The molecule has 0 saturated carbocycles. The molecule has 0 aromatic rings. The fourth-order valence-electron chi connectivity index (χ4n) is 3.81. The Kier molecular flexibility index (Phi) is 6.49. The number of piperidine rings is 1. The normalized spacial score (nSPS) is 29.5. The molecule has 0 spiro atoms. The van der Waals surface area contributed by atoms with Crippen LogP contribution in [-0.2, 0) is 4.79 Å². The SMILES string of the molecule is CCCC(C)NC(=O)C1CCCN(C[C@H]2CCCN2C)C1. The van der Waals surface area contributed by atoms with Gasteiger partial charge in [0.05, 0.1) is 5.92 Å². The van der Waals surface area contributed by atoms with Gasteiger partial charge in [0.25, 0.3) is 0 Å². The van der Waals surface area contributed by atoms with Gasteiger partial charge in [-0.1, -0.05) is 13.3 Å². The van der Waals surface area contributed by atoms with Crippen molar-refractivity contribution in [2.75, 3.05) is 33.2 Å². The van der Waals surface area contributed by atoms with Gasteiger partial charge in [-0.2, -0.15) is 0 Å². The van der Waals surface area contributed by atoms with Crippen LogP contribution < -0.4 is 5.32 Å². The third kappa shape index (κ3) is 4.96. The van der Waals surface area contributed by atoms with Crippen LogP contribution in [0.2, 0.25) is 0 Å². The van der Waals surface area contributed by atoms with Crippen molar-refractivity contribution in [1.82, 2.24) is 15.1 Å². The average molecular weight is 295 g/mol. The molecule has 2 saturated heterocycles. The van der Waals surface area contributed by atoms with Crippen molar-refractivity contribution in [2.45, 2.75) is 64.5 Å². The van der Waals surface area contributed by atoms with Crippen LogP contribution in [0.1, 0.15) is 52.4 Å². The summed E-state index contributed by atoms with van der Waals surface area (Å²) in [5, 5.41) is 3.20. The molecule has 2 aliphatic heterocycles. The summed E-state index contributed by atoms with van der Waals surface area (Å²) in [7, 11) is 2.23. The van der Waals surface area contributed by atoms with Gasteiger partial charge in [0.2, 0.25) is 5.91 Å². The van der Waals surface area contributed by atoms with Crippen LogP contribution in [0.5, 0.6) is 0 Å². The zero-order valence-corrected chi connectivity index (χ0v) is 14.1. The van der Waals surface area contributed by atoms with Crippen LogP contribution >= 0.6 is 0 Å². The van der Waals surface area contributed by atoms with Gasteiger partial charge >= 0.3 is 0 Å². The number of hydrogen-bond donors (Lipinski definition) is 1. The number of nitrogens with zero attached hydrogens (tertiary/aromatic N) is 2. The summed E-state index contributed by atoms with van der Waals surface area (Å²) in [5.74, 6) is 0.477. The molecule has 0 aromatic heterocycles. The van der Waals surface area contributed by atoms with Crippen molar-refractivity contribution in [1.29, 1.82) is 0 Å². The predicted molar refractivity (Wildman–Crippen MR) is 87.3 cm³/mol. The summed E-state index contributed by atoms with van der Waals surface area (Å²) in [6.07, 6.45) is 7.07. The Bertz CT molecular complexity index is 334. The minimum atomic E-state index is 0.199. The topological polar surface area (TPSA) is 35.6 Å². The van der Waals surface area contributed by atoms with Gasteiger partial charge in [-0.25, -0.2) is 0 Å². The lowest BCUT2D eigenvalue weighted by Crippen LogP contribution is -2.48. The Morgan fingerprint density at radius 3 is 2.71 bits per heavy atom. The van der Waals surface area contributed by atoms with Crippen molar-refractivity contribution < 1.29 is 4.79 Å². The molecule has 122 valence electrons. The summed E-state index contributed by atoms with van der Waals surface area (Å²) in [6.45, 7) is 8.79. The molecule has 2 heterocycles. The van der Waals surface area contributed by atoms with Crippen LogP contribution in [0, 0.1) is 5.92 Å². The zero-order valence-electron chi connectivity index (χ0n) is 14.1. The first-order chi connectivity index (χ1) is 10.1. The van der Waals surface area contributed by atoms with E-state index in [1.807, 2.05) is 0 Å². The van der Waals surface area contributed by atoms with E-state index in [0.29, 0.717) is 12.1 Å². The van der Waals surface area contributed by atoms with E-state index in [2.05, 4.69) is 36.0 Å². The van der Waals surface area contributed by atoms with Crippen LogP contribution in [0.25, 0.3) is 0 Å². The first kappa shape index (κ1) is 16.8. The number of hydrogen-bond acceptors (Lipinski definition) is 3. The van der Waals surface area contributed by atoms with E-state index in [1.165, 1.54) is 25.9 Å². The number of carbonyl (C=O) groups is 1. The first-order valence-electron chi connectivity index (χ1n) is 8.83. The van der Waals surface area contributed by atoms with Crippen LogP contribution in [0.4, 0.5) is 0 Å². The summed E-state index contributed by atoms with van der Waals surface area (Å²) < 4.78 is 0. The largest absolute Gasteiger partial charge is 0.353 e. The lowest BCUT2D eigenvalue weighted by molar-refractivity contribution is -0.127. The minimum absolute atomic E-state index is 0.199. The molecule has 0 aliphatic carbocycles. The number of likely N-dealkylation sites (N-methyl/N-ethyl adjacent to an activating group) is 1. The van der Waals surface area contributed by atoms with Crippen molar-refractivity contribution in [3.8, 4) is 0 Å². The van der Waals surface area contributed by atoms with E-state index in [4.69, 9.17) is 0 Å². The monoisotopic (exact) mass is 295 g/mol. The van der Waals surface area contributed by atoms with E-state index in [9.17, 15) is 4.79 Å². The van der Waals surface area contributed by atoms with Crippen LogP contribution in [-0.4, -0.2) is 61.0 Å². The molecular formula is C17H33N3O. The maximum absolute atomic E-state index is 12.4. The molecule has 3 atom stereocenters. The highest BCUT2D eigenvalue weighted by atomic mass is 16.2. The molecule has 0 radical (unpaired) electrons. The Morgan fingerprint density at radius 1 is 1.29 bits per heavy atom. The molecule has 1 N–H and O–H groups in total. The van der Waals surface area contributed by atoms with Crippen LogP contribution in [0.15, 0.2) is 0 Å². The number of likely N-dealkylation sites (tertiary alicyclic amines) is 2. The quantitative estimate of drug-likeness (QED) is 0.815. The second-order valence-corrected chi connectivity index (χ2v) is 7.07. The van der Waals surface area contributed by atoms with E-state index < -0.39 is 0 Å². The van der Waals surface area contributed by atoms with E-state index in [-0.39, 0.29) is 11.8 Å². The Hall–Kier alpha value is -0.610. The van der Waals surface area contributed by atoms with Gasteiger partial charge in [-0.05, 0) is 59.2 Å². The molecule has 0 aromatic carbocycles. The molecule has 4 heteroatoms. The van der Waals surface area contributed by atoms with Gasteiger partial charge in [-0.3, -0.25) is 4.79 Å². The number of rotatable bonds is 6. The highest BCUT2D eigenvalue weighted by Gasteiger charge is 2.29. The summed E-state index contributed by atoms with van der Waals surface area (Å²) in [5.41, 5.74) is 0. The van der Waals surface area contributed by atoms with Crippen molar-refractivity contribution in [2.24, 2.45) is 5.92 Å². The molecule has 2 fully saturated rings. The Labute approximate surface area is 130 Å². The molecule has 2 rings (SSSR count). The maximum Gasteiger partial charge on any atom is 0.224 e. The van der Waals surface area contributed by atoms with Crippen LogP contribution in [0.3, 0.4) is 0 Å². The number of amides is 1. The molecule has 2 unspecified atom stereocenters. The van der Waals surface area contributed by atoms with Crippen molar-refractivity contribution >= 4 is 5.91 Å². The fourth-order valence-corrected chi connectivity index (χ4v) is 3.81. The molecule has 1 amide bonds. The van der Waals surface area contributed by atoms with E-state index in [0.717, 1.165) is 38.8 Å². The first-order valence-corrected chi connectivity index (χ1v) is 8.83. The zero-order chi connectivity index (χ0) is 15.2. The van der Waals surface area contributed by atoms with Gasteiger partial charge < -0.3 is 15.1 Å². The highest BCUT2D eigenvalue weighted by Crippen LogP contribution is 2.21. The molecular weight excluding hydrogens is 262 g/mol. The Morgan fingerprint density at radius 2 is 2.05 bits per heavy atom. The maximum atomic E-state index is 12.4. The highest BCUT2D eigenvalue weighted by molar-refractivity contribution is 5.79. The Balaban J connectivity index is 1.78. The van der Waals surface area contributed by atoms with Gasteiger partial charge in [-0.15, -0.1) is 0 Å². The van der Waals surface area contributed by atoms with Crippen molar-refractivity contribution in [3.63, 3.8) is 0 Å². The fraction of sp³-hybridized carbons (Fsp3) is 0.941. The number of nitrogens with one attached hydrogen (secondary N) is 1. The van der Waals surface area contributed by atoms with E-state index >= 15 is 0 Å². The summed E-state index contributed by atoms with van der Waals surface area (Å²) in [4.78, 5) is 17.4. The molecule has 21 heavy (non-hydrogen) atoms. The summed E-state index contributed by atoms with van der Waals surface area (Å²) >= 11 is 0. The average Bonchev–Trinajstić information content (AvgIpc) is 2.85. The third-order valence-electron chi connectivity index (χ3n) is 5.13. The van der Waals surface area contributed by atoms with Gasteiger partial charge in [0.15, 0.2) is 0 Å². The lowest BCUT2D eigenvalue weighted by Gasteiger charge is -2.35.